The molecule has 0 rings (SSSR count). The van der Waals surface area contributed by atoms with Crippen LogP contribution in [0.25, 0.3) is 0 Å². The number of unbranched alkanes of at least 4 members (excludes halogenated alkanes) is 6. The Morgan fingerprint density at radius 3 is 2.05 bits per heavy atom. The molecular formula is C17H34O2. The van der Waals surface area contributed by atoms with Crippen molar-refractivity contribution in [3.05, 3.63) is 0 Å². The van der Waals surface area contributed by atoms with Crippen LogP contribution >= 0.6 is 0 Å². The number of hydrogen-bond acceptors (Lipinski definition) is 2. The summed E-state index contributed by atoms with van der Waals surface area (Å²) in [6.45, 7) is 10.5. The molecule has 19 heavy (non-hydrogen) atoms. The predicted octanol–water partition coefficient (Wildman–Crippen LogP) is 5.50. The lowest BCUT2D eigenvalue weighted by Gasteiger charge is -2.31. The van der Waals surface area contributed by atoms with E-state index in [0.717, 1.165) is 19.3 Å². The van der Waals surface area contributed by atoms with Gasteiger partial charge in [-0.15, -0.1) is 0 Å². The maximum Gasteiger partial charge on any atom is 0.306 e. The van der Waals surface area contributed by atoms with Crippen molar-refractivity contribution in [3.63, 3.8) is 0 Å². The molecule has 0 bridgehead atoms. The Hall–Kier alpha value is -0.530. The summed E-state index contributed by atoms with van der Waals surface area (Å²) in [7, 11) is 0. The zero-order valence-corrected chi connectivity index (χ0v) is 13.8. The Morgan fingerprint density at radius 2 is 1.53 bits per heavy atom. The molecule has 1 unspecified atom stereocenters. The zero-order chi connectivity index (χ0) is 14.7. The summed E-state index contributed by atoms with van der Waals surface area (Å²) < 4.78 is 5.60. The SMILES string of the molecule is CCCCCCCCCC(=O)OC(C)(C)C(C)CC. The van der Waals surface area contributed by atoms with Gasteiger partial charge in [-0.25, -0.2) is 0 Å². The molecule has 0 radical (unpaired) electrons. The van der Waals surface area contributed by atoms with Crippen LogP contribution in [0.2, 0.25) is 0 Å². The second kappa shape index (κ2) is 10.3. The fourth-order valence-electron chi connectivity index (χ4n) is 2.16. The Bertz CT molecular complexity index is 233. The molecule has 0 saturated carbocycles. The molecule has 114 valence electrons. The Morgan fingerprint density at radius 1 is 1.00 bits per heavy atom. The molecule has 2 heteroatoms. The van der Waals surface area contributed by atoms with Crippen LogP contribution in [0.1, 0.15) is 92.4 Å². The topological polar surface area (TPSA) is 26.3 Å². The third kappa shape index (κ3) is 9.07. The minimum atomic E-state index is -0.326. The first-order chi connectivity index (χ1) is 8.94. The van der Waals surface area contributed by atoms with E-state index in [9.17, 15) is 4.79 Å². The second-order valence-electron chi connectivity index (χ2n) is 6.26. The lowest BCUT2D eigenvalue weighted by molar-refractivity contribution is -0.161. The van der Waals surface area contributed by atoms with Crippen LogP contribution in [-0.2, 0) is 9.53 Å². The molecule has 0 aliphatic rings. The predicted molar refractivity (Wildman–Crippen MR) is 82.2 cm³/mol. The molecule has 0 aliphatic carbocycles. The zero-order valence-electron chi connectivity index (χ0n) is 13.8. The number of rotatable bonds is 11. The van der Waals surface area contributed by atoms with Gasteiger partial charge in [-0.05, 0) is 32.6 Å². The first-order valence-corrected chi connectivity index (χ1v) is 8.15. The molecule has 0 aromatic carbocycles. The van der Waals surface area contributed by atoms with Crippen molar-refractivity contribution in [1.29, 1.82) is 0 Å². The van der Waals surface area contributed by atoms with Crippen LogP contribution in [0.4, 0.5) is 0 Å². The first kappa shape index (κ1) is 18.5. The smallest absolute Gasteiger partial charge is 0.306 e. The molecule has 0 aromatic heterocycles. The average molecular weight is 270 g/mol. The lowest BCUT2D eigenvalue weighted by atomic mass is 9.90. The highest BCUT2D eigenvalue weighted by atomic mass is 16.6. The summed E-state index contributed by atoms with van der Waals surface area (Å²) in [6, 6.07) is 0. The molecule has 0 fully saturated rings. The van der Waals surface area contributed by atoms with Gasteiger partial charge in [0.1, 0.15) is 5.60 Å². The molecule has 0 aromatic rings. The largest absolute Gasteiger partial charge is 0.459 e. The van der Waals surface area contributed by atoms with Crippen LogP contribution in [0, 0.1) is 5.92 Å². The van der Waals surface area contributed by atoms with E-state index >= 15 is 0 Å². The van der Waals surface area contributed by atoms with E-state index in [1.807, 2.05) is 13.8 Å². The van der Waals surface area contributed by atoms with Gasteiger partial charge >= 0.3 is 5.97 Å². The van der Waals surface area contributed by atoms with Crippen molar-refractivity contribution in [3.8, 4) is 0 Å². The third-order valence-corrected chi connectivity index (χ3v) is 4.16. The summed E-state index contributed by atoms with van der Waals surface area (Å²) in [6.07, 6.45) is 10.3. The normalized spacial score (nSPS) is 13.3. The van der Waals surface area contributed by atoms with E-state index in [-0.39, 0.29) is 11.6 Å². The van der Waals surface area contributed by atoms with Gasteiger partial charge in [0.2, 0.25) is 0 Å². The summed E-state index contributed by atoms with van der Waals surface area (Å²) >= 11 is 0. The number of esters is 1. The maximum atomic E-state index is 11.8. The highest BCUT2D eigenvalue weighted by molar-refractivity contribution is 5.69. The fourth-order valence-corrected chi connectivity index (χ4v) is 2.16. The number of hydrogen-bond donors (Lipinski definition) is 0. The molecule has 1 atom stereocenters. The van der Waals surface area contributed by atoms with E-state index < -0.39 is 0 Å². The van der Waals surface area contributed by atoms with Crippen LogP contribution in [0.5, 0.6) is 0 Å². The number of carbonyl (C=O) groups is 1. The summed E-state index contributed by atoms with van der Waals surface area (Å²) in [5.74, 6) is 0.379. The van der Waals surface area contributed by atoms with E-state index in [2.05, 4.69) is 20.8 Å². The summed E-state index contributed by atoms with van der Waals surface area (Å²) in [4.78, 5) is 11.8. The second-order valence-corrected chi connectivity index (χ2v) is 6.26. The molecule has 0 spiro atoms. The van der Waals surface area contributed by atoms with Crippen molar-refractivity contribution in [2.75, 3.05) is 0 Å². The van der Waals surface area contributed by atoms with E-state index in [4.69, 9.17) is 4.74 Å². The quantitative estimate of drug-likeness (QED) is 0.366. The van der Waals surface area contributed by atoms with Gasteiger partial charge in [-0.3, -0.25) is 4.79 Å². The van der Waals surface area contributed by atoms with Crippen molar-refractivity contribution in [2.45, 2.75) is 98.0 Å². The highest BCUT2D eigenvalue weighted by Crippen LogP contribution is 2.24. The molecule has 0 N–H and O–H groups in total. The maximum absolute atomic E-state index is 11.8. The summed E-state index contributed by atoms with van der Waals surface area (Å²) in [5.41, 5.74) is -0.326. The summed E-state index contributed by atoms with van der Waals surface area (Å²) in [5, 5.41) is 0. The van der Waals surface area contributed by atoms with Crippen LogP contribution in [0.15, 0.2) is 0 Å². The molecule has 0 saturated heterocycles. The van der Waals surface area contributed by atoms with Crippen molar-refractivity contribution >= 4 is 5.97 Å². The molecule has 0 aliphatic heterocycles. The Balaban J connectivity index is 3.64. The van der Waals surface area contributed by atoms with Gasteiger partial charge in [0.25, 0.3) is 0 Å². The molecular weight excluding hydrogens is 236 g/mol. The first-order valence-electron chi connectivity index (χ1n) is 8.15. The van der Waals surface area contributed by atoms with Gasteiger partial charge in [0.15, 0.2) is 0 Å². The minimum Gasteiger partial charge on any atom is -0.459 e. The van der Waals surface area contributed by atoms with Crippen molar-refractivity contribution in [2.24, 2.45) is 5.92 Å². The fraction of sp³-hybridized carbons (Fsp3) is 0.941. The van der Waals surface area contributed by atoms with Crippen LogP contribution in [-0.4, -0.2) is 11.6 Å². The molecule has 0 amide bonds. The highest BCUT2D eigenvalue weighted by Gasteiger charge is 2.28. The third-order valence-electron chi connectivity index (χ3n) is 4.16. The number of carbonyl (C=O) groups excluding carboxylic acids is 1. The van der Waals surface area contributed by atoms with Gasteiger partial charge in [0, 0.05) is 6.42 Å². The average Bonchev–Trinajstić information content (AvgIpc) is 2.36. The molecule has 2 nitrogen and oxygen atoms in total. The number of ether oxygens (including phenoxy) is 1. The Kier molecular flexibility index (Phi) is 9.99. The van der Waals surface area contributed by atoms with Crippen LogP contribution in [0.3, 0.4) is 0 Å². The van der Waals surface area contributed by atoms with E-state index in [1.165, 1.54) is 32.1 Å². The molecule has 0 heterocycles. The van der Waals surface area contributed by atoms with Gasteiger partial charge in [0.05, 0.1) is 0 Å². The van der Waals surface area contributed by atoms with Gasteiger partial charge < -0.3 is 4.74 Å². The van der Waals surface area contributed by atoms with E-state index in [1.54, 1.807) is 0 Å². The standard InChI is InChI=1S/C17H34O2/c1-6-8-9-10-11-12-13-14-16(18)19-17(4,5)15(3)7-2/h15H,6-14H2,1-5H3. The van der Waals surface area contributed by atoms with Crippen molar-refractivity contribution < 1.29 is 9.53 Å². The van der Waals surface area contributed by atoms with Crippen molar-refractivity contribution in [1.82, 2.24) is 0 Å². The van der Waals surface area contributed by atoms with Crippen LogP contribution < -0.4 is 0 Å². The van der Waals surface area contributed by atoms with Gasteiger partial charge in [-0.1, -0.05) is 59.3 Å². The lowest BCUT2D eigenvalue weighted by Crippen LogP contribution is -2.34. The monoisotopic (exact) mass is 270 g/mol. The minimum absolute atomic E-state index is 0.0288. The van der Waals surface area contributed by atoms with Gasteiger partial charge in [-0.2, -0.15) is 0 Å². The Labute approximate surface area is 120 Å². The van der Waals surface area contributed by atoms with E-state index in [0.29, 0.717) is 12.3 Å².